The van der Waals surface area contributed by atoms with Gasteiger partial charge in [0.15, 0.2) is 0 Å². The third-order valence-corrected chi connectivity index (χ3v) is 2.34. The molecule has 1 aliphatic rings. The van der Waals surface area contributed by atoms with E-state index in [4.69, 9.17) is 0 Å². The van der Waals surface area contributed by atoms with Crippen LogP contribution in [-0.2, 0) is 24.7 Å². The molecule has 1 aliphatic carbocycles. The second kappa shape index (κ2) is 6.90. The van der Waals surface area contributed by atoms with E-state index in [1.807, 2.05) is 0 Å². The van der Waals surface area contributed by atoms with Crippen LogP contribution in [0.25, 0.3) is 0 Å². The van der Waals surface area contributed by atoms with Gasteiger partial charge in [-0.05, 0) is 0 Å². The topological polar surface area (TPSA) is 0 Å². The summed E-state index contributed by atoms with van der Waals surface area (Å²) in [7, 11) is 0. The van der Waals surface area contributed by atoms with Gasteiger partial charge in [0.25, 0.3) is 0 Å². The standard InChI is InChI=1S/C8H11.2FH.Zr/c1-2-5-8-6-3-4-7-8;;;/h6-7H,2-3,5H2,1H3;2*1H;/q;;;+2/p-2. The smallest absolute Gasteiger partial charge is 1.00 e. The summed E-state index contributed by atoms with van der Waals surface area (Å²) in [5, 5.41) is 0. The Kier molecular flexibility index (Phi) is 8.65. The minimum Gasteiger partial charge on any atom is -1.00 e. The number of hydrogen-bond donors (Lipinski definition) is 0. The first-order valence-electron chi connectivity index (χ1n) is 3.44. The summed E-state index contributed by atoms with van der Waals surface area (Å²) < 4.78 is 1.60. The third kappa shape index (κ3) is 4.63. The summed E-state index contributed by atoms with van der Waals surface area (Å²) >= 11 is 1.59. The van der Waals surface area contributed by atoms with Gasteiger partial charge in [0.2, 0.25) is 0 Å². The van der Waals surface area contributed by atoms with Gasteiger partial charge in [0.05, 0.1) is 0 Å². The molecule has 0 nitrogen and oxygen atoms in total. The van der Waals surface area contributed by atoms with Crippen molar-refractivity contribution in [1.29, 1.82) is 0 Å². The molecule has 0 bridgehead atoms. The van der Waals surface area contributed by atoms with E-state index in [9.17, 15) is 0 Å². The Morgan fingerprint density at radius 1 is 1.45 bits per heavy atom. The normalized spacial score (nSPS) is 14.5. The molecule has 3 heteroatoms. The van der Waals surface area contributed by atoms with Gasteiger partial charge in [0.1, 0.15) is 0 Å². The zero-order chi connectivity index (χ0) is 6.69. The van der Waals surface area contributed by atoms with Crippen LogP contribution in [0.15, 0.2) is 21.0 Å². The Labute approximate surface area is 81.3 Å². The van der Waals surface area contributed by atoms with Crippen molar-refractivity contribution in [3.8, 4) is 0 Å². The zero-order valence-electron chi connectivity index (χ0n) is 6.53. The van der Waals surface area contributed by atoms with Gasteiger partial charge >= 0.3 is 71.9 Å². The fourth-order valence-corrected chi connectivity index (χ4v) is 1.75. The van der Waals surface area contributed by atoms with Crippen LogP contribution in [0.1, 0.15) is 26.2 Å². The fraction of sp³-hybridized carbons (Fsp3) is 0.500. The summed E-state index contributed by atoms with van der Waals surface area (Å²) in [5.41, 5.74) is 1.56. The first-order chi connectivity index (χ1) is 4.33. The summed E-state index contributed by atoms with van der Waals surface area (Å²) in [6, 6.07) is 0. The minimum absolute atomic E-state index is 0. The Balaban J connectivity index is 0. The van der Waals surface area contributed by atoms with Gasteiger partial charge in [0, 0.05) is 0 Å². The van der Waals surface area contributed by atoms with Crippen molar-refractivity contribution in [3.05, 3.63) is 21.0 Å². The summed E-state index contributed by atoms with van der Waals surface area (Å²) in [6.07, 6.45) is 8.49. The van der Waals surface area contributed by atoms with Crippen LogP contribution in [0.5, 0.6) is 0 Å². The first kappa shape index (κ1) is 13.8. The van der Waals surface area contributed by atoms with E-state index in [-0.39, 0.29) is 9.41 Å². The molecule has 0 saturated carbocycles. The largest absolute Gasteiger partial charge is 1.00 e. The zero-order valence-corrected chi connectivity index (χ0v) is 8.99. The maximum Gasteiger partial charge on any atom is -1.00 e. The summed E-state index contributed by atoms with van der Waals surface area (Å²) in [5.74, 6) is 0. The number of allylic oxidation sites excluding steroid dienone is 4. The number of halogens is 2. The molecule has 0 atom stereocenters. The molecule has 0 aliphatic heterocycles. The number of hydrogen-bond acceptors (Lipinski definition) is 0. The van der Waals surface area contributed by atoms with Crippen molar-refractivity contribution in [1.82, 2.24) is 0 Å². The molecule has 0 unspecified atom stereocenters. The summed E-state index contributed by atoms with van der Waals surface area (Å²) in [6.45, 7) is 2.23. The Bertz CT molecular complexity index is 161. The SMILES string of the molecule is CCCC1=CC[C]([Zr+2])=C1.[F-].[F-]. The van der Waals surface area contributed by atoms with Crippen molar-refractivity contribution in [2.45, 2.75) is 26.2 Å². The maximum atomic E-state index is 2.35. The van der Waals surface area contributed by atoms with Crippen LogP contribution < -0.4 is 9.41 Å². The van der Waals surface area contributed by atoms with E-state index in [0.717, 1.165) is 0 Å². The predicted octanol–water partition coefficient (Wildman–Crippen LogP) is -3.44. The van der Waals surface area contributed by atoms with E-state index in [0.29, 0.717) is 0 Å². The quantitative estimate of drug-likeness (QED) is 0.468. The van der Waals surface area contributed by atoms with Gasteiger partial charge in [-0.15, -0.1) is 0 Å². The van der Waals surface area contributed by atoms with Gasteiger partial charge in [-0.3, -0.25) is 0 Å². The molecule has 1 rings (SSSR count). The van der Waals surface area contributed by atoms with Crippen LogP contribution in [0.2, 0.25) is 0 Å². The van der Waals surface area contributed by atoms with Gasteiger partial charge in [-0.25, -0.2) is 0 Å². The van der Waals surface area contributed by atoms with Crippen LogP contribution in [-0.4, -0.2) is 0 Å². The third-order valence-electron chi connectivity index (χ3n) is 1.48. The average Bonchev–Trinajstić information content (AvgIpc) is 2.17. The van der Waals surface area contributed by atoms with Crippen molar-refractivity contribution < 1.29 is 34.1 Å². The fourth-order valence-electron chi connectivity index (χ4n) is 1.05. The molecule has 0 radical (unpaired) electrons. The van der Waals surface area contributed by atoms with Crippen molar-refractivity contribution >= 4 is 0 Å². The second-order valence-electron chi connectivity index (χ2n) is 2.40. The van der Waals surface area contributed by atoms with E-state index in [2.05, 4.69) is 19.1 Å². The van der Waals surface area contributed by atoms with Gasteiger partial charge in [-0.1, -0.05) is 0 Å². The molecule has 0 aromatic rings. The molecule has 0 heterocycles. The second-order valence-corrected chi connectivity index (χ2v) is 3.98. The molecule has 0 N–H and O–H groups in total. The van der Waals surface area contributed by atoms with Crippen LogP contribution in [0.3, 0.4) is 0 Å². The van der Waals surface area contributed by atoms with Crippen molar-refractivity contribution in [2.24, 2.45) is 0 Å². The molecular weight excluding hydrogens is 225 g/mol. The Morgan fingerprint density at radius 3 is 2.45 bits per heavy atom. The maximum absolute atomic E-state index is 2.35. The monoisotopic (exact) mass is 235 g/mol. The minimum atomic E-state index is 0. The summed E-state index contributed by atoms with van der Waals surface area (Å²) in [4.78, 5) is 0. The van der Waals surface area contributed by atoms with Gasteiger partial charge < -0.3 is 9.41 Å². The van der Waals surface area contributed by atoms with Crippen LogP contribution >= 0.6 is 0 Å². The molecule has 0 spiro atoms. The van der Waals surface area contributed by atoms with Gasteiger partial charge in [-0.2, -0.15) is 0 Å². The predicted molar refractivity (Wildman–Crippen MR) is 35.7 cm³/mol. The molecule has 0 amide bonds. The van der Waals surface area contributed by atoms with Crippen molar-refractivity contribution in [2.75, 3.05) is 0 Å². The number of rotatable bonds is 2. The molecule has 61 valence electrons. The van der Waals surface area contributed by atoms with E-state index < -0.39 is 0 Å². The van der Waals surface area contributed by atoms with Crippen LogP contribution in [0, 0.1) is 0 Å². The molecule has 0 saturated heterocycles. The van der Waals surface area contributed by atoms with Crippen molar-refractivity contribution in [3.63, 3.8) is 0 Å². The molecule has 0 aromatic carbocycles. The Morgan fingerprint density at radius 2 is 2.09 bits per heavy atom. The van der Waals surface area contributed by atoms with E-state index in [1.54, 1.807) is 33.6 Å². The first-order valence-corrected chi connectivity index (χ1v) is 4.67. The molecule has 11 heavy (non-hydrogen) atoms. The molecular formula is C8H11F2Zr. The average molecular weight is 236 g/mol. The van der Waals surface area contributed by atoms with Crippen LogP contribution in [0.4, 0.5) is 0 Å². The van der Waals surface area contributed by atoms with E-state index >= 15 is 0 Å². The molecule has 0 aromatic heterocycles. The Hall–Kier alpha value is 0.223. The molecule has 0 fully saturated rings. The van der Waals surface area contributed by atoms with E-state index in [1.165, 1.54) is 19.3 Å².